The molecule has 1 fully saturated rings. The Morgan fingerprint density at radius 3 is 2.58 bits per heavy atom. The molecule has 2 amide bonds. The number of rotatable bonds is 6. The number of hydrogen-bond acceptors (Lipinski definition) is 3. The molecule has 0 aromatic heterocycles. The molecule has 0 saturated heterocycles. The van der Waals surface area contributed by atoms with Crippen LogP contribution in [0.4, 0.5) is 4.79 Å². The van der Waals surface area contributed by atoms with E-state index in [1.165, 1.54) is 0 Å². The largest absolute Gasteiger partial charge is 0.480 e. The van der Waals surface area contributed by atoms with Gasteiger partial charge in [-0.1, -0.05) is 27.2 Å². The summed E-state index contributed by atoms with van der Waals surface area (Å²) < 4.78 is 0. The zero-order chi connectivity index (χ0) is 14.4. The van der Waals surface area contributed by atoms with Crippen molar-refractivity contribution in [2.24, 2.45) is 5.92 Å². The van der Waals surface area contributed by atoms with Gasteiger partial charge in [-0.2, -0.15) is 11.8 Å². The SMILES string of the molecule is CCSC1CCCC1NC(=O)N[C@H](C(=O)O)C(C)C. The van der Waals surface area contributed by atoms with E-state index in [9.17, 15) is 9.59 Å². The van der Waals surface area contributed by atoms with Gasteiger partial charge in [-0.3, -0.25) is 0 Å². The zero-order valence-electron chi connectivity index (χ0n) is 11.8. The van der Waals surface area contributed by atoms with E-state index in [4.69, 9.17) is 5.11 Å². The summed E-state index contributed by atoms with van der Waals surface area (Å²) in [6.45, 7) is 5.67. The smallest absolute Gasteiger partial charge is 0.326 e. The lowest BCUT2D eigenvalue weighted by atomic mass is 10.1. The topological polar surface area (TPSA) is 78.4 Å². The molecule has 0 aromatic rings. The normalized spacial score (nSPS) is 24.2. The van der Waals surface area contributed by atoms with Gasteiger partial charge in [-0.15, -0.1) is 0 Å². The van der Waals surface area contributed by atoms with Crippen molar-refractivity contribution in [3.63, 3.8) is 0 Å². The van der Waals surface area contributed by atoms with Crippen molar-refractivity contribution in [3.05, 3.63) is 0 Å². The van der Waals surface area contributed by atoms with E-state index in [-0.39, 0.29) is 18.0 Å². The molecule has 6 heteroatoms. The van der Waals surface area contributed by atoms with Crippen molar-refractivity contribution in [1.29, 1.82) is 0 Å². The molecule has 110 valence electrons. The molecule has 0 radical (unpaired) electrons. The van der Waals surface area contributed by atoms with Gasteiger partial charge in [0, 0.05) is 11.3 Å². The fourth-order valence-corrected chi connectivity index (χ4v) is 3.57. The van der Waals surface area contributed by atoms with Crippen LogP contribution in [0.1, 0.15) is 40.0 Å². The van der Waals surface area contributed by atoms with Crippen LogP contribution in [0.15, 0.2) is 0 Å². The van der Waals surface area contributed by atoms with Gasteiger partial charge in [0.05, 0.1) is 0 Å². The highest BCUT2D eigenvalue weighted by Crippen LogP contribution is 2.29. The van der Waals surface area contributed by atoms with Gasteiger partial charge in [0.25, 0.3) is 0 Å². The van der Waals surface area contributed by atoms with Crippen LogP contribution in [0, 0.1) is 5.92 Å². The molecule has 0 bridgehead atoms. The van der Waals surface area contributed by atoms with E-state index in [0.717, 1.165) is 25.0 Å². The van der Waals surface area contributed by atoms with E-state index < -0.39 is 12.0 Å². The van der Waals surface area contributed by atoms with Crippen molar-refractivity contribution in [3.8, 4) is 0 Å². The van der Waals surface area contributed by atoms with Crippen LogP contribution in [-0.2, 0) is 4.79 Å². The number of carbonyl (C=O) groups is 2. The number of nitrogens with one attached hydrogen (secondary N) is 2. The number of carboxylic acid groups (broad SMARTS) is 1. The van der Waals surface area contributed by atoms with E-state index in [2.05, 4.69) is 17.6 Å². The molecule has 1 rings (SSSR count). The predicted molar refractivity (Wildman–Crippen MR) is 77.5 cm³/mol. The van der Waals surface area contributed by atoms with Crippen molar-refractivity contribution >= 4 is 23.8 Å². The summed E-state index contributed by atoms with van der Waals surface area (Å²) in [5.41, 5.74) is 0. The minimum Gasteiger partial charge on any atom is -0.480 e. The Labute approximate surface area is 118 Å². The summed E-state index contributed by atoms with van der Waals surface area (Å²) in [7, 11) is 0. The first kappa shape index (κ1) is 16.1. The summed E-state index contributed by atoms with van der Waals surface area (Å²) >= 11 is 1.86. The molecule has 19 heavy (non-hydrogen) atoms. The minimum atomic E-state index is -0.990. The van der Waals surface area contributed by atoms with Crippen LogP contribution in [-0.4, -0.2) is 40.2 Å². The van der Waals surface area contributed by atoms with Crippen LogP contribution in [0.3, 0.4) is 0 Å². The summed E-state index contributed by atoms with van der Waals surface area (Å²) in [5.74, 6) is -0.0857. The molecule has 0 spiro atoms. The second-order valence-electron chi connectivity index (χ2n) is 5.21. The summed E-state index contributed by atoms with van der Waals surface area (Å²) in [6.07, 6.45) is 3.22. The Balaban J connectivity index is 2.47. The Morgan fingerprint density at radius 2 is 2.05 bits per heavy atom. The number of carbonyl (C=O) groups excluding carboxylic acids is 1. The first-order valence-corrected chi connectivity index (χ1v) is 7.92. The maximum Gasteiger partial charge on any atom is 0.326 e. The number of amides is 2. The van der Waals surface area contributed by atoms with Crippen molar-refractivity contribution in [2.75, 3.05) is 5.75 Å². The van der Waals surface area contributed by atoms with Crippen LogP contribution in [0.5, 0.6) is 0 Å². The third-order valence-electron chi connectivity index (χ3n) is 3.37. The molecule has 0 aromatic carbocycles. The second-order valence-corrected chi connectivity index (χ2v) is 6.73. The van der Waals surface area contributed by atoms with Gasteiger partial charge in [0.2, 0.25) is 0 Å². The Bertz CT molecular complexity index is 323. The van der Waals surface area contributed by atoms with Crippen molar-refractivity contribution in [1.82, 2.24) is 10.6 Å². The van der Waals surface area contributed by atoms with Crippen LogP contribution in [0.25, 0.3) is 0 Å². The quantitative estimate of drug-likeness (QED) is 0.699. The highest BCUT2D eigenvalue weighted by Gasteiger charge is 2.30. The summed E-state index contributed by atoms with van der Waals surface area (Å²) in [5, 5.41) is 15.0. The lowest BCUT2D eigenvalue weighted by Gasteiger charge is -2.23. The number of urea groups is 1. The van der Waals surface area contributed by atoms with Crippen molar-refractivity contribution in [2.45, 2.75) is 57.4 Å². The second kappa shape index (κ2) is 7.62. The van der Waals surface area contributed by atoms with Crippen molar-refractivity contribution < 1.29 is 14.7 Å². The summed E-state index contributed by atoms with van der Waals surface area (Å²) in [6, 6.07) is -1.04. The molecule has 0 heterocycles. The fourth-order valence-electron chi connectivity index (χ4n) is 2.37. The standard InChI is InChI=1S/C13H24N2O3S/c1-4-19-10-7-5-6-9(10)14-13(18)15-11(8(2)3)12(16)17/h8-11H,4-7H2,1-3H3,(H,16,17)(H2,14,15,18)/t9?,10?,11-/m0/s1. The highest BCUT2D eigenvalue weighted by atomic mass is 32.2. The summed E-state index contributed by atoms with van der Waals surface area (Å²) in [4.78, 5) is 22.9. The number of thioether (sulfide) groups is 1. The molecule has 0 aliphatic heterocycles. The van der Waals surface area contributed by atoms with E-state index in [1.54, 1.807) is 13.8 Å². The maximum absolute atomic E-state index is 11.9. The van der Waals surface area contributed by atoms with Gasteiger partial charge in [0.1, 0.15) is 6.04 Å². The Kier molecular flexibility index (Phi) is 6.48. The number of aliphatic carboxylic acids is 1. The number of carboxylic acids is 1. The Hall–Kier alpha value is -0.910. The van der Waals surface area contributed by atoms with Gasteiger partial charge in [0.15, 0.2) is 0 Å². The maximum atomic E-state index is 11.9. The fraction of sp³-hybridized carbons (Fsp3) is 0.846. The predicted octanol–water partition coefficient (Wildman–Crippen LogP) is 2.07. The van der Waals surface area contributed by atoms with E-state index in [0.29, 0.717) is 5.25 Å². The molecular formula is C13H24N2O3S. The Morgan fingerprint density at radius 1 is 1.37 bits per heavy atom. The molecule has 5 nitrogen and oxygen atoms in total. The van der Waals surface area contributed by atoms with Gasteiger partial charge >= 0.3 is 12.0 Å². The monoisotopic (exact) mass is 288 g/mol. The average Bonchev–Trinajstić information content (AvgIpc) is 2.73. The molecule has 2 unspecified atom stereocenters. The lowest BCUT2D eigenvalue weighted by molar-refractivity contribution is -0.140. The van der Waals surface area contributed by atoms with Gasteiger partial charge in [-0.05, 0) is 24.5 Å². The number of hydrogen-bond donors (Lipinski definition) is 3. The molecule has 3 N–H and O–H groups in total. The third-order valence-corrected chi connectivity index (χ3v) is 4.69. The van der Waals surface area contributed by atoms with Crippen LogP contribution >= 0.6 is 11.8 Å². The molecular weight excluding hydrogens is 264 g/mol. The van der Waals surface area contributed by atoms with Crippen LogP contribution < -0.4 is 10.6 Å². The molecule has 1 aliphatic carbocycles. The molecule has 1 aliphatic rings. The van der Waals surface area contributed by atoms with Crippen LogP contribution in [0.2, 0.25) is 0 Å². The third kappa shape index (κ3) is 4.93. The first-order valence-electron chi connectivity index (χ1n) is 6.87. The minimum absolute atomic E-state index is 0.132. The van der Waals surface area contributed by atoms with Gasteiger partial charge in [-0.25, -0.2) is 9.59 Å². The molecule has 1 saturated carbocycles. The van der Waals surface area contributed by atoms with E-state index in [1.807, 2.05) is 11.8 Å². The van der Waals surface area contributed by atoms with E-state index >= 15 is 0 Å². The highest BCUT2D eigenvalue weighted by molar-refractivity contribution is 7.99. The lowest BCUT2D eigenvalue weighted by Crippen LogP contribution is -2.52. The zero-order valence-corrected chi connectivity index (χ0v) is 12.6. The van der Waals surface area contributed by atoms with Gasteiger partial charge < -0.3 is 15.7 Å². The molecule has 3 atom stereocenters. The first-order chi connectivity index (χ1) is 8.95. The average molecular weight is 288 g/mol.